The molecule has 11 heteroatoms. The van der Waals surface area contributed by atoms with Crippen molar-refractivity contribution in [2.24, 2.45) is 0 Å². The summed E-state index contributed by atoms with van der Waals surface area (Å²) in [5.74, 6) is -2.72. The van der Waals surface area contributed by atoms with Gasteiger partial charge in [-0.05, 0) is 47.9 Å². The van der Waals surface area contributed by atoms with E-state index in [-0.39, 0.29) is 50.5 Å². The number of aliphatic hydroxyl groups excluding tert-OH is 3. The molecule has 0 bridgehead atoms. The van der Waals surface area contributed by atoms with E-state index in [4.69, 9.17) is 9.47 Å². The number of halogens is 1. The number of nitrogens with zero attached hydrogens (tertiary/aromatic N) is 1. The first-order valence-corrected chi connectivity index (χ1v) is 13.1. The summed E-state index contributed by atoms with van der Waals surface area (Å²) in [5.41, 5.74) is 1.77. The lowest BCUT2D eigenvalue weighted by Crippen LogP contribution is -2.57. The van der Waals surface area contributed by atoms with Crippen LogP contribution in [-0.2, 0) is 27.4 Å². The summed E-state index contributed by atoms with van der Waals surface area (Å²) in [5, 5.41) is 33.3. The average molecular weight is 557 g/mol. The fourth-order valence-corrected chi connectivity index (χ4v) is 5.26. The van der Waals surface area contributed by atoms with Gasteiger partial charge in [0.05, 0.1) is 32.3 Å². The van der Waals surface area contributed by atoms with E-state index in [0.717, 1.165) is 0 Å². The number of ketones is 1. The van der Waals surface area contributed by atoms with Crippen LogP contribution in [0.4, 0.5) is 4.39 Å². The number of amides is 2. The highest BCUT2D eigenvalue weighted by atomic mass is 19.1. The van der Waals surface area contributed by atoms with Gasteiger partial charge in [0.1, 0.15) is 18.0 Å². The predicted molar refractivity (Wildman–Crippen MR) is 141 cm³/mol. The summed E-state index contributed by atoms with van der Waals surface area (Å²) in [6.07, 6.45) is -0.839. The van der Waals surface area contributed by atoms with E-state index in [9.17, 15) is 34.1 Å². The molecule has 0 spiro atoms. The van der Waals surface area contributed by atoms with Crippen molar-refractivity contribution >= 4 is 17.6 Å². The number of ether oxygens (including phenoxy) is 2. The number of hydrogen-bond donors (Lipinski definition) is 4. The van der Waals surface area contributed by atoms with E-state index in [1.54, 1.807) is 25.1 Å². The summed E-state index contributed by atoms with van der Waals surface area (Å²) in [6, 6.07) is 7.96. The second kappa shape index (κ2) is 12.6. The number of hydrogen-bond acceptors (Lipinski definition) is 8. The van der Waals surface area contributed by atoms with Gasteiger partial charge in [0, 0.05) is 30.6 Å². The summed E-state index contributed by atoms with van der Waals surface area (Å²) >= 11 is 0. The Hall–Kier alpha value is -3.80. The lowest BCUT2D eigenvalue weighted by molar-refractivity contribution is -0.148. The second-order valence-electron chi connectivity index (χ2n) is 9.67. The van der Waals surface area contributed by atoms with Crippen molar-refractivity contribution in [2.75, 3.05) is 26.8 Å². The minimum absolute atomic E-state index is 0.0367. The van der Waals surface area contributed by atoms with E-state index < -0.39 is 47.6 Å². The SMILES string of the molecule is CCC(=O)C(=O)N(CCc1cccc(F)c1)[C@@H]1C=C(C(=O)NCCO)[C@@H]2c3cc(CO)cc(OC)c3O[C@@H]2[C@H]1O. The second-order valence-corrected chi connectivity index (χ2v) is 9.67. The molecule has 2 aliphatic rings. The molecular formula is C29H33FN2O8. The third-order valence-corrected chi connectivity index (χ3v) is 7.21. The number of aliphatic hydroxyl groups is 3. The van der Waals surface area contributed by atoms with Gasteiger partial charge in [0.25, 0.3) is 5.91 Å². The predicted octanol–water partition coefficient (Wildman–Crippen LogP) is 1.000. The van der Waals surface area contributed by atoms with Crippen LogP contribution in [0.1, 0.15) is 36.0 Å². The molecule has 4 N–H and O–H groups in total. The molecule has 2 aromatic rings. The highest BCUT2D eigenvalue weighted by Gasteiger charge is 2.51. The van der Waals surface area contributed by atoms with Crippen LogP contribution in [0.5, 0.6) is 11.5 Å². The molecule has 1 heterocycles. The molecule has 10 nitrogen and oxygen atoms in total. The number of carbonyl (C=O) groups excluding carboxylic acids is 3. The molecule has 0 radical (unpaired) electrons. The average Bonchev–Trinajstić information content (AvgIpc) is 3.35. The smallest absolute Gasteiger partial charge is 0.290 e. The molecule has 0 saturated carbocycles. The molecule has 2 amide bonds. The minimum Gasteiger partial charge on any atom is -0.493 e. The Bertz CT molecular complexity index is 1310. The molecule has 214 valence electrons. The van der Waals surface area contributed by atoms with Gasteiger partial charge in [-0.3, -0.25) is 14.4 Å². The first-order valence-electron chi connectivity index (χ1n) is 13.1. The Morgan fingerprint density at radius 3 is 2.58 bits per heavy atom. The van der Waals surface area contributed by atoms with Crippen LogP contribution < -0.4 is 14.8 Å². The van der Waals surface area contributed by atoms with E-state index in [1.807, 2.05) is 0 Å². The van der Waals surface area contributed by atoms with Gasteiger partial charge in [-0.15, -0.1) is 0 Å². The third-order valence-electron chi connectivity index (χ3n) is 7.21. The highest BCUT2D eigenvalue weighted by Crippen LogP contribution is 2.51. The lowest BCUT2D eigenvalue weighted by atomic mass is 9.77. The Morgan fingerprint density at radius 1 is 1.15 bits per heavy atom. The van der Waals surface area contributed by atoms with Crippen molar-refractivity contribution in [1.82, 2.24) is 10.2 Å². The Labute approximate surface area is 231 Å². The third kappa shape index (κ3) is 5.72. The van der Waals surface area contributed by atoms with E-state index >= 15 is 0 Å². The fraction of sp³-hybridized carbons (Fsp3) is 0.414. The number of benzene rings is 2. The van der Waals surface area contributed by atoms with Crippen LogP contribution in [0.15, 0.2) is 48.0 Å². The summed E-state index contributed by atoms with van der Waals surface area (Å²) < 4.78 is 25.4. The van der Waals surface area contributed by atoms with Crippen LogP contribution in [-0.4, -0.2) is 82.9 Å². The van der Waals surface area contributed by atoms with Crippen molar-refractivity contribution in [2.45, 2.75) is 50.5 Å². The van der Waals surface area contributed by atoms with Gasteiger partial charge in [0.15, 0.2) is 11.5 Å². The van der Waals surface area contributed by atoms with Gasteiger partial charge in [-0.1, -0.05) is 19.1 Å². The summed E-state index contributed by atoms with van der Waals surface area (Å²) in [6.45, 7) is 0.857. The maximum Gasteiger partial charge on any atom is 0.290 e. The molecule has 0 saturated heterocycles. The molecule has 4 atom stereocenters. The highest BCUT2D eigenvalue weighted by molar-refractivity contribution is 6.36. The van der Waals surface area contributed by atoms with Crippen LogP contribution in [0.3, 0.4) is 0 Å². The van der Waals surface area contributed by atoms with Gasteiger partial charge in [0.2, 0.25) is 11.7 Å². The van der Waals surface area contributed by atoms with Crippen LogP contribution in [0, 0.1) is 5.82 Å². The fourth-order valence-electron chi connectivity index (χ4n) is 5.26. The number of methoxy groups -OCH3 is 1. The maximum atomic E-state index is 13.8. The van der Waals surface area contributed by atoms with E-state index in [0.29, 0.717) is 22.4 Å². The largest absolute Gasteiger partial charge is 0.493 e. The Balaban J connectivity index is 1.79. The molecule has 40 heavy (non-hydrogen) atoms. The Morgan fingerprint density at radius 2 is 1.93 bits per heavy atom. The summed E-state index contributed by atoms with van der Waals surface area (Å²) in [4.78, 5) is 40.4. The number of carbonyl (C=O) groups is 3. The van der Waals surface area contributed by atoms with Crippen LogP contribution in [0.2, 0.25) is 0 Å². The molecule has 1 aliphatic heterocycles. The zero-order chi connectivity index (χ0) is 29.0. The maximum absolute atomic E-state index is 13.8. The normalized spacial score (nSPS) is 21.0. The monoisotopic (exact) mass is 556 g/mol. The molecular weight excluding hydrogens is 523 g/mol. The lowest BCUT2D eigenvalue weighted by Gasteiger charge is -2.40. The molecule has 0 fully saturated rings. The molecule has 0 aromatic heterocycles. The van der Waals surface area contributed by atoms with Gasteiger partial charge >= 0.3 is 0 Å². The number of nitrogens with one attached hydrogen (secondary N) is 1. The van der Waals surface area contributed by atoms with Crippen molar-refractivity contribution in [3.63, 3.8) is 0 Å². The topological polar surface area (TPSA) is 146 Å². The first-order chi connectivity index (χ1) is 19.2. The van der Waals surface area contributed by atoms with E-state index in [1.165, 1.54) is 36.3 Å². The quantitative estimate of drug-likeness (QED) is 0.300. The zero-order valence-electron chi connectivity index (χ0n) is 22.3. The number of Topliss-reactive ketones (excluding diaryl/α,β-unsaturated/α-hetero) is 1. The first kappa shape index (κ1) is 29.2. The number of fused-ring (bicyclic) bond motifs is 3. The number of rotatable bonds is 11. The van der Waals surface area contributed by atoms with Crippen molar-refractivity contribution < 1.29 is 43.6 Å². The summed E-state index contributed by atoms with van der Waals surface area (Å²) in [7, 11) is 1.43. The van der Waals surface area contributed by atoms with Crippen LogP contribution >= 0.6 is 0 Å². The minimum atomic E-state index is -1.37. The van der Waals surface area contributed by atoms with Gasteiger partial charge in [-0.2, -0.15) is 0 Å². The van der Waals surface area contributed by atoms with E-state index in [2.05, 4.69) is 5.32 Å². The van der Waals surface area contributed by atoms with Crippen molar-refractivity contribution in [3.8, 4) is 11.5 Å². The molecule has 0 unspecified atom stereocenters. The zero-order valence-corrected chi connectivity index (χ0v) is 22.3. The standard InChI is InChI=1S/C29H33FN2O8/c1-3-22(35)29(38)32(9-7-16-5-4-6-18(30)11-16)21-14-20(28(37)31-8-10-33)24-19-12-17(15-34)13-23(39-2)26(19)40-27(24)25(21)36/h4-6,11-14,21,24-25,27,33-34,36H,3,7-10,15H2,1-2H3,(H,31,37)/t21-,24+,25+,27+/m1/s1. The molecule has 1 aliphatic carbocycles. The Kier molecular flexibility index (Phi) is 9.18. The van der Waals surface area contributed by atoms with Gasteiger partial charge < -0.3 is 35.0 Å². The van der Waals surface area contributed by atoms with Gasteiger partial charge in [-0.25, -0.2) is 4.39 Å². The van der Waals surface area contributed by atoms with Crippen molar-refractivity contribution in [1.29, 1.82) is 0 Å². The molecule has 2 aromatic carbocycles. The molecule has 4 rings (SSSR count). The van der Waals surface area contributed by atoms with Crippen LogP contribution in [0.25, 0.3) is 0 Å². The van der Waals surface area contributed by atoms with Crippen molar-refractivity contribution in [3.05, 3.63) is 70.6 Å².